The first-order chi connectivity index (χ1) is 7.81. The highest BCUT2D eigenvalue weighted by Gasteiger charge is 2.35. The molecule has 1 aliphatic rings. The first kappa shape index (κ1) is 13.8. The predicted molar refractivity (Wildman–Crippen MR) is 61.0 cm³/mol. The monoisotopic (exact) mass is 244 g/mol. The van der Waals surface area contributed by atoms with Crippen LogP contribution in [0.25, 0.3) is 0 Å². The van der Waals surface area contributed by atoms with E-state index in [2.05, 4.69) is 15.6 Å². The van der Waals surface area contributed by atoms with Crippen LogP contribution < -0.4 is 10.9 Å². The van der Waals surface area contributed by atoms with E-state index < -0.39 is 11.7 Å². The van der Waals surface area contributed by atoms with Gasteiger partial charge in [-0.1, -0.05) is 0 Å². The van der Waals surface area contributed by atoms with Crippen molar-refractivity contribution < 1.29 is 19.1 Å². The molecule has 0 aromatic carbocycles. The summed E-state index contributed by atoms with van der Waals surface area (Å²) in [5.41, 5.74) is 4.76. The summed E-state index contributed by atoms with van der Waals surface area (Å²) in [5.74, 6) is -0.252. The van der Waals surface area contributed by atoms with E-state index in [-0.39, 0.29) is 17.9 Å². The molecule has 1 saturated carbocycles. The second-order valence-corrected chi connectivity index (χ2v) is 5.16. The number of methoxy groups -OCH3 is 1. The van der Waals surface area contributed by atoms with Crippen LogP contribution in [0.3, 0.4) is 0 Å². The summed E-state index contributed by atoms with van der Waals surface area (Å²) in [6.45, 7) is 5.38. The van der Waals surface area contributed by atoms with Crippen molar-refractivity contribution >= 4 is 12.1 Å². The van der Waals surface area contributed by atoms with Gasteiger partial charge < -0.3 is 9.47 Å². The van der Waals surface area contributed by atoms with Gasteiger partial charge in [0.2, 0.25) is 0 Å². The lowest BCUT2D eigenvalue weighted by Crippen LogP contribution is -2.52. The van der Waals surface area contributed by atoms with E-state index >= 15 is 0 Å². The van der Waals surface area contributed by atoms with E-state index in [9.17, 15) is 9.59 Å². The topological polar surface area (TPSA) is 76.7 Å². The molecule has 0 spiro atoms. The lowest BCUT2D eigenvalue weighted by atomic mass is 9.81. The van der Waals surface area contributed by atoms with E-state index in [0.717, 1.165) is 0 Å². The Labute approximate surface area is 101 Å². The van der Waals surface area contributed by atoms with Crippen molar-refractivity contribution in [2.24, 2.45) is 5.92 Å². The third-order valence-corrected chi connectivity index (χ3v) is 2.45. The van der Waals surface area contributed by atoms with Crippen molar-refractivity contribution in [1.82, 2.24) is 10.9 Å². The molecule has 6 nitrogen and oxygen atoms in total. The Balaban J connectivity index is 2.14. The number of hydrogen-bond acceptors (Lipinski definition) is 5. The van der Waals surface area contributed by atoms with Crippen LogP contribution >= 0.6 is 0 Å². The number of hydrazine groups is 1. The zero-order valence-electron chi connectivity index (χ0n) is 10.7. The van der Waals surface area contributed by atoms with Crippen molar-refractivity contribution in [3.05, 3.63) is 0 Å². The summed E-state index contributed by atoms with van der Waals surface area (Å²) in [6, 6.07) is 0.103. The average molecular weight is 244 g/mol. The van der Waals surface area contributed by atoms with Gasteiger partial charge in [-0.3, -0.25) is 10.2 Å². The van der Waals surface area contributed by atoms with E-state index in [0.29, 0.717) is 12.8 Å². The Bertz CT molecular complexity index is 292. The zero-order chi connectivity index (χ0) is 13.1. The molecule has 1 amide bonds. The molecular weight excluding hydrogens is 224 g/mol. The van der Waals surface area contributed by atoms with Crippen LogP contribution in [0.2, 0.25) is 0 Å². The third kappa shape index (κ3) is 4.60. The normalized spacial score (nSPS) is 23.5. The minimum atomic E-state index is -0.515. The number of amides is 1. The van der Waals surface area contributed by atoms with Crippen LogP contribution in [0.4, 0.5) is 4.79 Å². The Morgan fingerprint density at radius 2 is 1.82 bits per heavy atom. The molecule has 0 saturated heterocycles. The number of hydrogen-bond donors (Lipinski definition) is 2. The van der Waals surface area contributed by atoms with Gasteiger partial charge in [0.1, 0.15) is 5.60 Å². The van der Waals surface area contributed by atoms with E-state index in [1.165, 1.54) is 7.11 Å². The second-order valence-electron chi connectivity index (χ2n) is 5.16. The molecule has 6 heteroatoms. The van der Waals surface area contributed by atoms with Gasteiger partial charge in [0.15, 0.2) is 0 Å². The van der Waals surface area contributed by atoms with Crippen LogP contribution in [-0.2, 0) is 14.3 Å². The molecule has 0 aromatic heterocycles. The molecular formula is C11H20N2O4. The van der Waals surface area contributed by atoms with Gasteiger partial charge in [0.05, 0.1) is 13.0 Å². The second kappa shape index (κ2) is 5.35. The Morgan fingerprint density at radius 1 is 1.24 bits per heavy atom. The molecule has 1 rings (SSSR count). The smallest absolute Gasteiger partial charge is 0.422 e. The molecule has 0 heterocycles. The largest absolute Gasteiger partial charge is 0.469 e. The van der Waals surface area contributed by atoms with E-state index in [1.54, 1.807) is 20.8 Å². The van der Waals surface area contributed by atoms with Gasteiger partial charge in [0, 0.05) is 6.04 Å². The van der Waals surface area contributed by atoms with Crippen LogP contribution in [0.5, 0.6) is 0 Å². The summed E-state index contributed by atoms with van der Waals surface area (Å²) in [6.07, 6.45) is 0.823. The van der Waals surface area contributed by atoms with Gasteiger partial charge in [-0.25, -0.2) is 10.2 Å². The zero-order valence-corrected chi connectivity index (χ0v) is 10.7. The van der Waals surface area contributed by atoms with Gasteiger partial charge in [-0.05, 0) is 33.6 Å². The molecule has 2 N–H and O–H groups in total. The molecule has 0 atom stereocenters. The first-order valence-electron chi connectivity index (χ1n) is 5.64. The standard InChI is InChI=1S/C11H20N2O4/c1-11(2,3)17-10(15)13-12-8-5-7(6-8)9(14)16-4/h7-8,12H,5-6H2,1-4H3,(H,13,15)/t7-,8+. The van der Waals surface area contributed by atoms with Crippen LogP contribution in [0.15, 0.2) is 0 Å². The molecule has 1 fully saturated rings. The predicted octanol–water partition coefficient (Wildman–Crippen LogP) is 0.967. The molecule has 0 unspecified atom stereocenters. The number of carbonyl (C=O) groups is 2. The summed E-state index contributed by atoms with van der Waals surface area (Å²) >= 11 is 0. The Hall–Kier alpha value is -1.30. The maximum absolute atomic E-state index is 11.3. The van der Waals surface area contributed by atoms with Crippen molar-refractivity contribution in [3.8, 4) is 0 Å². The van der Waals surface area contributed by atoms with E-state index in [1.807, 2.05) is 0 Å². The van der Waals surface area contributed by atoms with Gasteiger partial charge in [-0.2, -0.15) is 0 Å². The van der Waals surface area contributed by atoms with Crippen LogP contribution in [0.1, 0.15) is 33.6 Å². The fraction of sp³-hybridized carbons (Fsp3) is 0.818. The number of rotatable bonds is 3. The molecule has 0 bridgehead atoms. The highest BCUT2D eigenvalue weighted by atomic mass is 16.6. The number of carbonyl (C=O) groups excluding carboxylic acids is 2. The van der Waals surface area contributed by atoms with Gasteiger partial charge in [0.25, 0.3) is 0 Å². The quantitative estimate of drug-likeness (QED) is 0.571. The van der Waals surface area contributed by atoms with Crippen LogP contribution in [-0.4, -0.2) is 30.8 Å². The highest BCUT2D eigenvalue weighted by molar-refractivity contribution is 5.73. The van der Waals surface area contributed by atoms with Crippen molar-refractivity contribution in [3.63, 3.8) is 0 Å². The summed E-state index contributed by atoms with van der Waals surface area (Å²) in [7, 11) is 1.38. The molecule has 1 aliphatic carbocycles. The number of esters is 1. The highest BCUT2D eigenvalue weighted by Crippen LogP contribution is 2.27. The summed E-state index contributed by atoms with van der Waals surface area (Å²) in [4.78, 5) is 22.4. The molecule has 17 heavy (non-hydrogen) atoms. The Morgan fingerprint density at radius 3 is 2.29 bits per heavy atom. The summed E-state index contributed by atoms with van der Waals surface area (Å²) in [5, 5.41) is 0. The summed E-state index contributed by atoms with van der Waals surface area (Å²) < 4.78 is 9.66. The SMILES string of the molecule is COC(=O)[C@H]1C[C@@H](NNC(=O)OC(C)(C)C)C1. The van der Waals surface area contributed by atoms with E-state index in [4.69, 9.17) is 4.74 Å². The Kier molecular flexibility index (Phi) is 4.34. The molecule has 0 aromatic rings. The molecule has 0 aliphatic heterocycles. The maximum atomic E-state index is 11.3. The van der Waals surface area contributed by atoms with Crippen molar-refractivity contribution in [1.29, 1.82) is 0 Å². The molecule has 0 radical (unpaired) electrons. The van der Waals surface area contributed by atoms with Crippen molar-refractivity contribution in [2.75, 3.05) is 7.11 Å². The minimum absolute atomic E-state index is 0.0575. The van der Waals surface area contributed by atoms with Crippen molar-refractivity contribution in [2.45, 2.75) is 45.3 Å². The van der Waals surface area contributed by atoms with Crippen LogP contribution in [0, 0.1) is 5.92 Å². The fourth-order valence-corrected chi connectivity index (χ4v) is 1.56. The average Bonchev–Trinajstić information content (AvgIpc) is 2.11. The third-order valence-electron chi connectivity index (χ3n) is 2.45. The lowest BCUT2D eigenvalue weighted by molar-refractivity contribution is -0.149. The minimum Gasteiger partial charge on any atom is -0.469 e. The maximum Gasteiger partial charge on any atom is 0.422 e. The number of nitrogens with one attached hydrogen (secondary N) is 2. The molecule has 98 valence electrons. The van der Waals surface area contributed by atoms with Gasteiger partial charge in [-0.15, -0.1) is 0 Å². The number of ether oxygens (including phenoxy) is 2. The lowest BCUT2D eigenvalue weighted by Gasteiger charge is -2.33. The van der Waals surface area contributed by atoms with Gasteiger partial charge >= 0.3 is 12.1 Å². The fourth-order valence-electron chi connectivity index (χ4n) is 1.56. The first-order valence-corrected chi connectivity index (χ1v) is 5.64.